The van der Waals surface area contributed by atoms with Gasteiger partial charge in [-0.1, -0.05) is 6.92 Å². The number of nitrogens with zero attached hydrogens (tertiary/aromatic N) is 1. The summed E-state index contributed by atoms with van der Waals surface area (Å²) in [6, 6.07) is 0.962. The molecule has 0 aliphatic carbocycles. The van der Waals surface area contributed by atoms with E-state index in [0.717, 1.165) is 11.3 Å². The Morgan fingerprint density at radius 3 is 2.30 bits per heavy atom. The summed E-state index contributed by atoms with van der Waals surface area (Å²) in [6.45, 7) is 8.90. The first-order chi connectivity index (χ1) is 10.3. The van der Waals surface area contributed by atoms with E-state index in [1.807, 2.05) is 6.92 Å². The molecule has 1 heterocycles. The average molecular weight is 351 g/mol. The number of thiophene rings is 1. The van der Waals surface area contributed by atoms with Crippen LogP contribution >= 0.6 is 11.3 Å². The summed E-state index contributed by atoms with van der Waals surface area (Å²) >= 11 is 0.749. The maximum Gasteiger partial charge on any atom is 0.425 e. The van der Waals surface area contributed by atoms with Crippen molar-refractivity contribution >= 4 is 17.4 Å². The number of alkyl halides is 3. The molecule has 0 aliphatic heterocycles. The van der Waals surface area contributed by atoms with Gasteiger partial charge in [0.2, 0.25) is 0 Å². The molecule has 0 aromatic carbocycles. The van der Waals surface area contributed by atoms with Crippen LogP contribution in [0, 0.1) is 6.92 Å². The largest absolute Gasteiger partial charge is 0.444 e. The molecular weight excluding hydrogens is 327 g/mol. The maximum absolute atomic E-state index is 12.8. The number of carbonyl (C=O) groups excluding carboxylic acids is 1. The molecule has 0 aliphatic rings. The molecule has 1 atom stereocenters. The van der Waals surface area contributed by atoms with Crippen molar-refractivity contribution in [1.82, 2.24) is 4.90 Å². The van der Waals surface area contributed by atoms with Crippen LogP contribution in [-0.4, -0.2) is 29.7 Å². The van der Waals surface area contributed by atoms with E-state index in [1.54, 1.807) is 34.7 Å². The lowest BCUT2D eigenvalue weighted by atomic mass is 10.1. The van der Waals surface area contributed by atoms with E-state index in [4.69, 9.17) is 4.74 Å². The van der Waals surface area contributed by atoms with Gasteiger partial charge >= 0.3 is 12.3 Å². The number of likely N-dealkylation sites (N-methyl/N-ethyl adjacent to an activating group) is 1. The van der Waals surface area contributed by atoms with E-state index in [1.165, 1.54) is 11.0 Å². The maximum atomic E-state index is 12.8. The molecule has 23 heavy (non-hydrogen) atoms. The fraction of sp³-hybridized carbons (Fsp3) is 0.688. The first-order valence-corrected chi connectivity index (χ1v) is 8.29. The molecule has 0 spiro atoms. The second kappa shape index (κ2) is 7.11. The normalized spacial score (nSPS) is 13.8. The highest BCUT2D eigenvalue weighted by Crippen LogP contribution is 2.37. The highest BCUT2D eigenvalue weighted by atomic mass is 32.1. The average Bonchev–Trinajstić information content (AvgIpc) is 2.74. The molecule has 0 saturated carbocycles. The Balaban J connectivity index is 2.88. The molecule has 0 N–H and O–H groups in total. The van der Waals surface area contributed by atoms with Gasteiger partial charge in [-0.15, -0.1) is 11.3 Å². The monoisotopic (exact) mass is 351 g/mol. The summed E-state index contributed by atoms with van der Waals surface area (Å²) in [5.74, 6) is 0. The predicted octanol–water partition coefficient (Wildman–Crippen LogP) is 5.26. The zero-order valence-electron chi connectivity index (χ0n) is 14.4. The van der Waals surface area contributed by atoms with E-state index in [0.29, 0.717) is 23.3 Å². The van der Waals surface area contributed by atoms with Crippen molar-refractivity contribution in [2.75, 3.05) is 7.05 Å². The summed E-state index contributed by atoms with van der Waals surface area (Å²) in [4.78, 5) is 13.7. The zero-order chi connectivity index (χ0) is 18.0. The topological polar surface area (TPSA) is 29.5 Å². The molecule has 0 fully saturated rings. The molecule has 3 nitrogen and oxygen atoms in total. The third kappa shape index (κ3) is 5.71. The zero-order valence-corrected chi connectivity index (χ0v) is 15.2. The van der Waals surface area contributed by atoms with E-state index in [2.05, 4.69) is 0 Å². The summed E-state index contributed by atoms with van der Waals surface area (Å²) in [5.41, 5.74) is 0.00438. The Labute approximate surface area is 139 Å². The minimum Gasteiger partial charge on any atom is -0.444 e. The van der Waals surface area contributed by atoms with Crippen molar-refractivity contribution in [1.29, 1.82) is 0 Å². The number of hydrogen-bond donors (Lipinski definition) is 0. The van der Waals surface area contributed by atoms with Gasteiger partial charge in [-0.25, -0.2) is 4.79 Å². The summed E-state index contributed by atoms with van der Waals surface area (Å²) < 4.78 is 43.7. The number of hydrogen-bond acceptors (Lipinski definition) is 3. The van der Waals surface area contributed by atoms with E-state index in [-0.39, 0.29) is 6.04 Å². The molecular formula is C16H24F3NO2S. The first kappa shape index (κ1) is 19.8. The first-order valence-electron chi connectivity index (χ1n) is 7.47. The molecule has 0 bridgehead atoms. The number of ether oxygens (including phenoxy) is 1. The molecule has 1 aromatic heterocycles. The van der Waals surface area contributed by atoms with Crippen LogP contribution in [-0.2, 0) is 17.3 Å². The van der Waals surface area contributed by atoms with Crippen LogP contribution in [0.5, 0.6) is 0 Å². The summed E-state index contributed by atoms with van der Waals surface area (Å²) in [5, 5.41) is 0. The quantitative estimate of drug-likeness (QED) is 0.740. The minimum absolute atomic E-state index is 0.205. The van der Waals surface area contributed by atoms with Crippen molar-refractivity contribution < 1.29 is 22.7 Å². The Morgan fingerprint density at radius 2 is 1.91 bits per heavy atom. The molecule has 1 amide bonds. The minimum atomic E-state index is -4.33. The fourth-order valence-electron chi connectivity index (χ4n) is 2.11. The van der Waals surface area contributed by atoms with Gasteiger partial charge in [-0.3, -0.25) is 0 Å². The van der Waals surface area contributed by atoms with E-state index >= 15 is 0 Å². The number of aryl methyl sites for hydroxylation is 1. The van der Waals surface area contributed by atoms with Gasteiger partial charge in [0.15, 0.2) is 0 Å². The highest BCUT2D eigenvalue weighted by molar-refractivity contribution is 7.12. The van der Waals surface area contributed by atoms with Gasteiger partial charge in [0.05, 0.1) is 0 Å². The van der Waals surface area contributed by atoms with Crippen LogP contribution in [0.15, 0.2) is 6.07 Å². The van der Waals surface area contributed by atoms with Crippen molar-refractivity contribution in [2.24, 2.45) is 0 Å². The van der Waals surface area contributed by atoms with Crippen molar-refractivity contribution in [3.8, 4) is 0 Å². The molecule has 7 heteroatoms. The van der Waals surface area contributed by atoms with Crippen LogP contribution in [0.2, 0.25) is 0 Å². The Kier molecular flexibility index (Phi) is 6.12. The van der Waals surface area contributed by atoms with Crippen molar-refractivity contribution in [3.05, 3.63) is 21.4 Å². The second-order valence-corrected chi connectivity index (χ2v) is 7.71. The molecule has 0 radical (unpaired) electrons. The van der Waals surface area contributed by atoms with Crippen LogP contribution in [0.25, 0.3) is 0 Å². The summed E-state index contributed by atoms with van der Waals surface area (Å²) in [7, 11) is 1.62. The Morgan fingerprint density at radius 1 is 1.35 bits per heavy atom. The molecule has 1 rings (SSSR count). The van der Waals surface area contributed by atoms with Crippen LogP contribution in [0.4, 0.5) is 18.0 Å². The molecule has 1 aromatic rings. The van der Waals surface area contributed by atoms with Gasteiger partial charge < -0.3 is 9.64 Å². The third-order valence-corrected chi connectivity index (χ3v) is 4.73. The number of carbonyl (C=O) groups is 1. The van der Waals surface area contributed by atoms with Gasteiger partial charge in [0.1, 0.15) is 10.5 Å². The number of halogens is 3. The molecule has 132 valence electrons. The Bertz CT molecular complexity index is 547. The predicted molar refractivity (Wildman–Crippen MR) is 85.8 cm³/mol. The van der Waals surface area contributed by atoms with Crippen LogP contribution in [0.1, 0.15) is 49.4 Å². The Hall–Kier alpha value is -1.24. The SMILES string of the molecule is CCC(Cc1sc(C(F)(F)F)cc1C)N(C)C(=O)OC(C)(C)C. The van der Waals surface area contributed by atoms with E-state index in [9.17, 15) is 18.0 Å². The van der Waals surface area contributed by atoms with Gasteiger partial charge in [0.25, 0.3) is 0 Å². The highest BCUT2D eigenvalue weighted by Gasteiger charge is 2.34. The number of rotatable bonds is 4. The second-order valence-electron chi connectivity index (χ2n) is 6.57. The third-order valence-electron chi connectivity index (χ3n) is 3.42. The van der Waals surface area contributed by atoms with Gasteiger partial charge in [0, 0.05) is 24.4 Å². The number of amides is 1. The van der Waals surface area contributed by atoms with Crippen LogP contribution in [0.3, 0.4) is 0 Å². The molecule has 0 saturated heterocycles. The lowest BCUT2D eigenvalue weighted by Crippen LogP contribution is -2.41. The van der Waals surface area contributed by atoms with Gasteiger partial charge in [-0.2, -0.15) is 13.2 Å². The lowest BCUT2D eigenvalue weighted by Gasteiger charge is -2.30. The lowest BCUT2D eigenvalue weighted by molar-refractivity contribution is -0.134. The standard InChI is InChI=1S/C16H24F3NO2S/c1-7-11(20(6)14(21)22-15(3,4)5)9-12-10(2)8-13(23-12)16(17,18)19/h8,11H,7,9H2,1-6H3. The molecule has 1 unspecified atom stereocenters. The summed E-state index contributed by atoms with van der Waals surface area (Å²) in [6.07, 6.45) is -3.77. The van der Waals surface area contributed by atoms with E-state index < -0.39 is 22.7 Å². The van der Waals surface area contributed by atoms with Gasteiger partial charge in [-0.05, 0) is 45.7 Å². The van der Waals surface area contributed by atoms with Crippen LogP contribution < -0.4 is 0 Å². The van der Waals surface area contributed by atoms with Crippen molar-refractivity contribution in [3.63, 3.8) is 0 Å². The van der Waals surface area contributed by atoms with Crippen molar-refractivity contribution in [2.45, 2.75) is 65.3 Å². The smallest absolute Gasteiger partial charge is 0.425 e. The fourth-order valence-corrected chi connectivity index (χ4v) is 3.23.